The highest BCUT2D eigenvalue weighted by atomic mass is 16.5. The van der Waals surface area contributed by atoms with Crippen molar-refractivity contribution in [3.63, 3.8) is 0 Å². The predicted octanol–water partition coefficient (Wildman–Crippen LogP) is 3.04. The average Bonchev–Trinajstić information content (AvgIpc) is 3.14. The van der Waals surface area contributed by atoms with E-state index in [-0.39, 0.29) is 12.7 Å². The third-order valence-electron chi connectivity index (χ3n) is 3.55. The van der Waals surface area contributed by atoms with Gasteiger partial charge in [0.05, 0.1) is 6.10 Å². The lowest BCUT2D eigenvalue weighted by Gasteiger charge is -2.11. The van der Waals surface area contributed by atoms with Crippen LogP contribution in [0.3, 0.4) is 0 Å². The number of aryl methyl sites for hydroxylation is 1. The number of carbonyl (C=O) groups excluding carboxylic acids is 1. The zero-order valence-corrected chi connectivity index (χ0v) is 15.9. The van der Waals surface area contributed by atoms with Gasteiger partial charge in [-0.15, -0.1) is 5.10 Å². The quantitative estimate of drug-likeness (QED) is 0.460. The zero-order valence-electron chi connectivity index (χ0n) is 15.9. The summed E-state index contributed by atoms with van der Waals surface area (Å²) in [5.41, 5.74) is 2.61. The van der Waals surface area contributed by atoms with E-state index in [9.17, 15) is 4.79 Å². The fourth-order valence-electron chi connectivity index (χ4n) is 2.44. The first kappa shape index (κ1) is 19.2. The summed E-state index contributed by atoms with van der Waals surface area (Å²) in [7, 11) is 0. The van der Waals surface area contributed by atoms with Gasteiger partial charge < -0.3 is 9.47 Å². The second kappa shape index (κ2) is 8.90. The molecule has 1 aromatic carbocycles. The topological polar surface area (TPSA) is 92.0 Å². The Hall–Kier alpha value is -3.55. The number of carbonyl (C=O) groups is 1. The van der Waals surface area contributed by atoms with Gasteiger partial charge in [0, 0.05) is 35.8 Å². The third kappa shape index (κ3) is 5.47. The monoisotopic (exact) mass is 379 g/mol. The van der Waals surface area contributed by atoms with E-state index in [0.29, 0.717) is 11.4 Å². The SMILES string of the molecule is Cc1cc(OC(C)C)cc(-c2ncn(/C=C\C(=O)OCc3cncnc3)n2)c1. The van der Waals surface area contributed by atoms with E-state index in [4.69, 9.17) is 9.47 Å². The minimum atomic E-state index is -0.496. The van der Waals surface area contributed by atoms with E-state index >= 15 is 0 Å². The molecule has 0 radical (unpaired) electrons. The lowest BCUT2D eigenvalue weighted by molar-refractivity contribution is -0.138. The summed E-state index contributed by atoms with van der Waals surface area (Å²) < 4.78 is 12.3. The lowest BCUT2D eigenvalue weighted by atomic mass is 10.1. The average molecular weight is 379 g/mol. The molecule has 0 fully saturated rings. The van der Waals surface area contributed by atoms with Crippen LogP contribution in [0.1, 0.15) is 25.0 Å². The molecule has 0 saturated heterocycles. The molecule has 0 unspecified atom stereocenters. The number of rotatable bonds is 7. The maximum Gasteiger partial charge on any atom is 0.332 e. The van der Waals surface area contributed by atoms with E-state index in [1.807, 2.05) is 39.0 Å². The van der Waals surface area contributed by atoms with Crippen LogP contribution in [-0.2, 0) is 16.1 Å². The summed E-state index contributed by atoms with van der Waals surface area (Å²) in [5.74, 6) is 0.811. The first-order chi connectivity index (χ1) is 13.5. The van der Waals surface area contributed by atoms with E-state index in [0.717, 1.165) is 16.9 Å². The number of hydrogen-bond donors (Lipinski definition) is 0. The molecule has 3 aromatic rings. The Kier molecular flexibility index (Phi) is 6.11. The second-order valence-electron chi connectivity index (χ2n) is 6.42. The molecule has 2 heterocycles. The van der Waals surface area contributed by atoms with E-state index in [2.05, 4.69) is 20.1 Å². The van der Waals surface area contributed by atoms with Gasteiger partial charge in [0.15, 0.2) is 5.82 Å². The van der Waals surface area contributed by atoms with Crippen molar-refractivity contribution in [2.75, 3.05) is 0 Å². The first-order valence-electron chi connectivity index (χ1n) is 8.78. The Morgan fingerprint density at radius 2 is 2.00 bits per heavy atom. The second-order valence-corrected chi connectivity index (χ2v) is 6.42. The molecule has 8 heteroatoms. The Bertz CT molecular complexity index is 967. The molecule has 8 nitrogen and oxygen atoms in total. The van der Waals surface area contributed by atoms with Gasteiger partial charge in [0.2, 0.25) is 0 Å². The van der Waals surface area contributed by atoms with Crippen molar-refractivity contribution in [1.29, 1.82) is 0 Å². The highest BCUT2D eigenvalue weighted by Crippen LogP contribution is 2.24. The van der Waals surface area contributed by atoms with Crippen molar-refractivity contribution in [2.24, 2.45) is 0 Å². The maximum atomic E-state index is 11.8. The van der Waals surface area contributed by atoms with Crippen molar-refractivity contribution in [3.8, 4) is 17.1 Å². The largest absolute Gasteiger partial charge is 0.491 e. The smallest absolute Gasteiger partial charge is 0.332 e. The molecule has 0 amide bonds. The van der Waals surface area contributed by atoms with Gasteiger partial charge in [-0.3, -0.25) is 0 Å². The number of nitrogens with zero attached hydrogens (tertiary/aromatic N) is 5. The van der Waals surface area contributed by atoms with Gasteiger partial charge in [-0.05, 0) is 44.5 Å². The van der Waals surface area contributed by atoms with Gasteiger partial charge in [0.1, 0.15) is 25.0 Å². The number of hydrogen-bond acceptors (Lipinski definition) is 7. The van der Waals surface area contributed by atoms with Crippen LogP contribution in [0.25, 0.3) is 17.6 Å². The molecule has 2 aromatic heterocycles. The fourth-order valence-corrected chi connectivity index (χ4v) is 2.44. The third-order valence-corrected chi connectivity index (χ3v) is 3.55. The van der Waals surface area contributed by atoms with Gasteiger partial charge in [-0.2, -0.15) is 0 Å². The Labute approximate surface area is 162 Å². The van der Waals surface area contributed by atoms with Crippen LogP contribution in [0.5, 0.6) is 5.75 Å². The molecule has 0 aliphatic heterocycles. The number of ether oxygens (including phenoxy) is 2. The van der Waals surface area contributed by atoms with Crippen LogP contribution in [0, 0.1) is 6.92 Å². The van der Waals surface area contributed by atoms with Gasteiger partial charge in [-0.25, -0.2) is 24.4 Å². The molecule has 0 aliphatic rings. The molecule has 28 heavy (non-hydrogen) atoms. The summed E-state index contributed by atoms with van der Waals surface area (Å²) in [6.07, 6.45) is 8.97. The van der Waals surface area contributed by atoms with E-state index < -0.39 is 5.97 Å². The van der Waals surface area contributed by atoms with Crippen molar-refractivity contribution < 1.29 is 14.3 Å². The summed E-state index contributed by atoms with van der Waals surface area (Å²) in [4.78, 5) is 23.9. The molecular weight excluding hydrogens is 358 g/mol. The summed E-state index contributed by atoms with van der Waals surface area (Å²) >= 11 is 0. The Morgan fingerprint density at radius 1 is 1.21 bits per heavy atom. The zero-order chi connectivity index (χ0) is 19.9. The number of aromatic nitrogens is 5. The van der Waals surface area contributed by atoms with Crippen LogP contribution < -0.4 is 4.74 Å². The molecular formula is C20H21N5O3. The minimum absolute atomic E-state index is 0.0801. The lowest BCUT2D eigenvalue weighted by Crippen LogP contribution is -2.05. The molecule has 0 spiro atoms. The molecule has 0 aliphatic carbocycles. The fraction of sp³-hybridized carbons (Fsp3) is 0.250. The summed E-state index contributed by atoms with van der Waals surface area (Å²) in [5, 5.41) is 4.37. The minimum Gasteiger partial charge on any atom is -0.491 e. The van der Waals surface area contributed by atoms with Crippen LogP contribution in [0.2, 0.25) is 0 Å². The van der Waals surface area contributed by atoms with E-state index in [1.165, 1.54) is 29.6 Å². The predicted molar refractivity (Wildman–Crippen MR) is 103 cm³/mol. The van der Waals surface area contributed by atoms with E-state index in [1.54, 1.807) is 12.4 Å². The van der Waals surface area contributed by atoms with Crippen LogP contribution >= 0.6 is 0 Å². The van der Waals surface area contributed by atoms with Crippen molar-refractivity contribution in [1.82, 2.24) is 24.7 Å². The van der Waals surface area contributed by atoms with Crippen LogP contribution in [0.15, 0.2) is 49.3 Å². The van der Waals surface area contributed by atoms with Crippen LogP contribution in [-0.4, -0.2) is 36.8 Å². The van der Waals surface area contributed by atoms with Gasteiger partial charge in [0.25, 0.3) is 0 Å². The molecule has 0 saturated carbocycles. The number of esters is 1. The first-order valence-corrected chi connectivity index (χ1v) is 8.78. The standard InChI is InChI=1S/C20H21N5O3/c1-14(2)28-18-7-15(3)6-17(8-18)20-23-13-25(24-20)5-4-19(26)27-11-16-9-21-12-22-10-16/h4-10,12-14H,11H2,1-3H3/b5-4-. The molecule has 144 valence electrons. The number of benzene rings is 1. The summed E-state index contributed by atoms with van der Waals surface area (Å²) in [6.45, 7) is 6.04. The van der Waals surface area contributed by atoms with Crippen LogP contribution in [0.4, 0.5) is 0 Å². The van der Waals surface area contributed by atoms with Crippen molar-refractivity contribution in [2.45, 2.75) is 33.5 Å². The van der Waals surface area contributed by atoms with Gasteiger partial charge >= 0.3 is 5.97 Å². The maximum absolute atomic E-state index is 11.8. The molecule has 0 N–H and O–H groups in total. The Balaban J connectivity index is 1.64. The molecule has 0 bridgehead atoms. The molecule has 0 atom stereocenters. The van der Waals surface area contributed by atoms with Crippen molar-refractivity contribution in [3.05, 3.63) is 60.5 Å². The van der Waals surface area contributed by atoms with Crippen molar-refractivity contribution >= 4 is 12.2 Å². The van der Waals surface area contributed by atoms with Gasteiger partial charge in [-0.1, -0.05) is 0 Å². The molecule has 3 rings (SSSR count). The highest BCUT2D eigenvalue weighted by Gasteiger charge is 2.08. The summed E-state index contributed by atoms with van der Waals surface area (Å²) in [6, 6.07) is 5.84. The normalized spacial score (nSPS) is 11.1. The highest BCUT2D eigenvalue weighted by molar-refractivity contribution is 5.84. The Morgan fingerprint density at radius 3 is 2.75 bits per heavy atom.